The summed E-state index contributed by atoms with van der Waals surface area (Å²) >= 11 is 0. The zero-order chi connectivity index (χ0) is 15.1. The van der Waals surface area contributed by atoms with Gasteiger partial charge in [0, 0.05) is 14.1 Å². The highest BCUT2D eigenvalue weighted by Crippen LogP contribution is 2.09. The number of nitrogens with zero attached hydrogens (tertiary/aromatic N) is 6. The minimum absolute atomic E-state index is 0.115. The van der Waals surface area contributed by atoms with Crippen molar-refractivity contribution < 1.29 is 0 Å². The van der Waals surface area contributed by atoms with Gasteiger partial charge in [-0.3, -0.25) is 13.9 Å². The fraction of sp³-hybridized carbons (Fsp3) is 0.154. The molecule has 0 aliphatic rings. The van der Waals surface area contributed by atoms with E-state index in [-0.39, 0.29) is 11.2 Å². The summed E-state index contributed by atoms with van der Waals surface area (Å²) < 4.78 is 2.25. The van der Waals surface area contributed by atoms with Crippen molar-refractivity contribution in [2.45, 2.75) is 0 Å². The van der Waals surface area contributed by atoms with Crippen molar-refractivity contribution in [2.75, 3.05) is 0 Å². The molecule has 0 N–H and O–H groups in total. The zero-order valence-electron chi connectivity index (χ0n) is 11.3. The normalized spacial score (nSPS) is 10.7. The number of hydrogen-bond donors (Lipinski definition) is 0. The summed E-state index contributed by atoms with van der Waals surface area (Å²) in [6.07, 6.45) is 0. The van der Waals surface area contributed by atoms with E-state index in [0.717, 1.165) is 4.57 Å². The summed E-state index contributed by atoms with van der Waals surface area (Å²) in [5, 5.41) is 17.1. The van der Waals surface area contributed by atoms with Gasteiger partial charge in [0.05, 0.1) is 17.3 Å². The van der Waals surface area contributed by atoms with Crippen LogP contribution in [0, 0.1) is 11.3 Å². The molecule has 2 heterocycles. The van der Waals surface area contributed by atoms with E-state index in [4.69, 9.17) is 5.26 Å². The largest absolute Gasteiger partial charge is 0.332 e. The van der Waals surface area contributed by atoms with E-state index in [1.165, 1.54) is 23.5 Å². The minimum Gasteiger partial charge on any atom is -0.278 e. The summed E-state index contributed by atoms with van der Waals surface area (Å²) in [4.78, 5) is 25.2. The zero-order valence-corrected chi connectivity index (χ0v) is 11.3. The van der Waals surface area contributed by atoms with Crippen LogP contribution in [0.1, 0.15) is 5.56 Å². The standard InChI is InChI=1S/C13H10N6O2/c1-17-11-10(12(20)18(2)13(17)21)15-19(16-11)9-5-3-8(7-14)4-6-9/h3-6H,1-2H3. The molecule has 0 aliphatic heterocycles. The second-order valence-corrected chi connectivity index (χ2v) is 4.53. The van der Waals surface area contributed by atoms with E-state index in [2.05, 4.69) is 10.2 Å². The van der Waals surface area contributed by atoms with Crippen LogP contribution < -0.4 is 11.2 Å². The Labute approximate surface area is 118 Å². The highest BCUT2D eigenvalue weighted by molar-refractivity contribution is 5.68. The van der Waals surface area contributed by atoms with Crippen molar-refractivity contribution in [1.29, 1.82) is 5.26 Å². The molecule has 0 unspecified atom stereocenters. The molecule has 0 saturated heterocycles. The van der Waals surface area contributed by atoms with Gasteiger partial charge in [-0.05, 0) is 24.3 Å². The molecule has 3 aromatic rings. The van der Waals surface area contributed by atoms with Crippen LogP contribution in [0.4, 0.5) is 0 Å². The van der Waals surface area contributed by atoms with Crippen molar-refractivity contribution >= 4 is 11.2 Å². The Balaban J connectivity index is 2.29. The Morgan fingerprint density at radius 3 is 2.33 bits per heavy atom. The molecule has 2 aromatic heterocycles. The molecule has 104 valence electrons. The molecule has 1 aromatic carbocycles. The second kappa shape index (κ2) is 4.42. The molecular formula is C13H10N6O2. The van der Waals surface area contributed by atoms with Gasteiger partial charge in [0.25, 0.3) is 5.56 Å². The monoisotopic (exact) mass is 282 g/mol. The SMILES string of the molecule is Cn1c(=O)c2nn(-c3ccc(C#N)cc3)nc2n(C)c1=O. The fourth-order valence-electron chi connectivity index (χ4n) is 2.01. The van der Waals surface area contributed by atoms with Crippen LogP contribution in [-0.4, -0.2) is 24.1 Å². The van der Waals surface area contributed by atoms with E-state index < -0.39 is 11.2 Å². The molecule has 0 fully saturated rings. The summed E-state index contributed by atoms with van der Waals surface area (Å²) in [5.41, 5.74) is 0.488. The quantitative estimate of drug-likeness (QED) is 0.609. The van der Waals surface area contributed by atoms with Crippen molar-refractivity contribution in [3.05, 3.63) is 50.7 Å². The van der Waals surface area contributed by atoms with Gasteiger partial charge in [-0.15, -0.1) is 15.0 Å². The molecule has 0 spiro atoms. The Kier molecular flexibility index (Phi) is 2.69. The Hall–Kier alpha value is -3.21. The van der Waals surface area contributed by atoms with Gasteiger partial charge in [-0.1, -0.05) is 0 Å². The number of fused-ring (bicyclic) bond motifs is 1. The molecule has 21 heavy (non-hydrogen) atoms. The lowest BCUT2D eigenvalue weighted by Gasteiger charge is -1.99. The molecular weight excluding hydrogens is 272 g/mol. The van der Waals surface area contributed by atoms with Crippen molar-refractivity contribution in [3.8, 4) is 11.8 Å². The topological polar surface area (TPSA) is 98.5 Å². The van der Waals surface area contributed by atoms with Crippen LogP contribution >= 0.6 is 0 Å². The van der Waals surface area contributed by atoms with Gasteiger partial charge in [0.1, 0.15) is 0 Å². The van der Waals surface area contributed by atoms with Gasteiger partial charge in [-0.2, -0.15) is 5.26 Å². The highest BCUT2D eigenvalue weighted by Gasteiger charge is 2.14. The summed E-state index contributed by atoms with van der Waals surface area (Å²) in [6.45, 7) is 0. The average Bonchev–Trinajstić information content (AvgIpc) is 2.96. The highest BCUT2D eigenvalue weighted by atomic mass is 16.2. The fourth-order valence-corrected chi connectivity index (χ4v) is 2.01. The van der Waals surface area contributed by atoms with Crippen LogP contribution in [-0.2, 0) is 14.1 Å². The first kappa shape index (κ1) is 12.8. The maximum Gasteiger partial charge on any atom is 0.332 e. The Morgan fingerprint density at radius 2 is 1.71 bits per heavy atom. The number of rotatable bonds is 1. The molecule has 0 aliphatic carbocycles. The van der Waals surface area contributed by atoms with Gasteiger partial charge in [0.15, 0.2) is 11.2 Å². The van der Waals surface area contributed by atoms with Crippen LogP contribution in [0.2, 0.25) is 0 Å². The Morgan fingerprint density at radius 1 is 1.05 bits per heavy atom. The van der Waals surface area contributed by atoms with Crippen LogP contribution in [0.5, 0.6) is 0 Å². The summed E-state index contributed by atoms with van der Waals surface area (Å²) in [6, 6.07) is 8.60. The van der Waals surface area contributed by atoms with Gasteiger partial charge in [-0.25, -0.2) is 4.79 Å². The number of aromatic nitrogens is 5. The van der Waals surface area contributed by atoms with E-state index in [1.54, 1.807) is 24.3 Å². The first-order valence-electron chi connectivity index (χ1n) is 6.06. The number of nitriles is 1. The summed E-state index contributed by atoms with van der Waals surface area (Å²) in [5.74, 6) is 0. The molecule has 8 heteroatoms. The lowest BCUT2D eigenvalue weighted by Crippen LogP contribution is -2.36. The number of hydrogen-bond acceptors (Lipinski definition) is 5. The third kappa shape index (κ3) is 1.83. The lowest BCUT2D eigenvalue weighted by atomic mass is 10.2. The third-order valence-corrected chi connectivity index (χ3v) is 3.22. The molecule has 0 amide bonds. The Bertz CT molecular complexity index is 1000. The van der Waals surface area contributed by atoms with Gasteiger partial charge < -0.3 is 0 Å². The van der Waals surface area contributed by atoms with Crippen molar-refractivity contribution in [1.82, 2.24) is 24.1 Å². The minimum atomic E-state index is -0.493. The van der Waals surface area contributed by atoms with Gasteiger partial charge >= 0.3 is 5.69 Å². The van der Waals surface area contributed by atoms with Crippen molar-refractivity contribution in [2.24, 2.45) is 14.1 Å². The van der Waals surface area contributed by atoms with Crippen molar-refractivity contribution in [3.63, 3.8) is 0 Å². The van der Waals surface area contributed by atoms with E-state index in [0.29, 0.717) is 11.3 Å². The molecule has 0 atom stereocenters. The third-order valence-electron chi connectivity index (χ3n) is 3.22. The lowest BCUT2D eigenvalue weighted by molar-refractivity contribution is 0.705. The predicted molar refractivity (Wildman–Crippen MR) is 74.1 cm³/mol. The maximum atomic E-state index is 12.0. The van der Waals surface area contributed by atoms with E-state index in [9.17, 15) is 9.59 Å². The van der Waals surface area contributed by atoms with Gasteiger partial charge in [0.2, 0.25) is 0 Å². The smallest absolute Gasteiger partial charge is 0.278 e. The van der Waals surface area contributed by atoms with Crippen LogP contribution in [0.25, 0.3) is 16.9 Å². The van der Waals surface area contributed by atoms with Crippen LogP contribution in [0.3, 0.4) is 0 Å². The second-order valence-electron chi connectivity index (χ2n) is 4.53. The molecule has 8 nitrogen and oxygen atoms in total. The van der Waals surface area contributed by atoms with E-state index >= 15 is 0 Å². The first-order chi connectivity index (χ1) is 10.0. The first-order valence-corrected chi connectivity index (χ1v) is 6.06. The number of aryl methyl sites for hydroxylation is 1. The average molecular weight is 282 g/mol. The maximum absolute atomic E-state index is 12.0. The molecule has 3 rings (SSSR count). The summed E-state index contributed by atoms with van der Waals surface area (Å²) in [7, 11) is 2.92. The predicted octanol–water partition coefficient (Wildman–Crippen LogP) is -0.310. The van der Waals surface area contributed by atoms with E-state index in [1.807, 2.05) is 6.07 Å². The van der Waals surface area contributed by atoms with Crippen LogP contribution in [0.15, 0.2) is 33.9 Å². The molecule has 0 saturated carbocycles. The molecule has 0 bridgehead atoms. The molecule has 0 radical (unpaired) electrons. The number of benzene rings is 1.